The number of imidazole rings is 2. The van der Waals surface area contributed by atoms with Gasteiger partial charge in [-0.1, -0.05) is 84.9 Å². The molecule has 2 unspecified atom stereocenters. The van der Waals surface area contributed by atoms with Crippen molar-refractivity contribution in [2.45, 2.75) is 61.9 Å². The van der Waals surface area contributed by atoms with E-state index in [0.717, 1.165) is 46.6 Å². The first-order valence-corrected chi connectivity index (χ1v) is 21.9. The molecule has 2 saturated carbocycles. The van der Waals surface area contributed by atoms with Gasteiger partial charge in [-0.05, 0) is 89.4 Å². The summed E-state index contributed by atoms with van der Waals surface area (Å²) in [6.45, 7) is 0. The van der Waals surface area contributed by atoms with E-state index in [4.69, 9.17) is 14.5 Å². The molecule has 5 aromatic carbocycles. The van der Waals surface area contributed by atoms with Crippen molar-refractivity contribution in [1.82, 2.24) is 40.4 Å². The lowest BCUT2D eigenvalue weighted by Crippen LogP contribution is -2.44. The minimum atomic E-state index is -0.939. The van der Waals surface area contributed by atoms with E-state index in [0.29, 0.717) is 57.9 Å². The lowest BCUT2D eigenvalue weighted by Gasteiger charge is -2.30. The second kappa shape index (κ2) is 15.9. The summed E-state index contributed by atoms with van der Waals surface area (Å²) in [7, 11) is 2.54. The highest BCUT2D eigenvalue weighted by molar-refractivity contribution is 6.05. The van der Waals surface area contributed by atoms with Crippen LogP contribution in [0.4, 0.5) is 14.0 Å². The fraction of sp³-hybridized carbons (Fsp3) is 0.280. The second-order valence-corrected chi connectivity index (χ2v) is 17.5. The van der Waals surface area contributed by atoms with Crippen LogP contribution in [0.2, 0.25) is 0 Å². The van der Waals surface area contributed by atoms with E-state index in [2.05, 4.69) is 25.6 Å². The van der Waals surface area contributed by atoms with Gasteiger partial charge >= 0.3 is 12.2 Å². The number of carbonyl (C=O) groups is 4. The van der Waals surface area contributed by atoms with Crippen LogP contribution < -0.4 is 10.6 Å². The minimum Gasteiger partial charge on any atom is -0.453 e. The Kier molecular flexibility index (Phi) is 9.85. The smallest absolute Gasteiger partial charge is 0.407 e. The maximum Gasteiger partial charge on any atom is 0.407 e. The predicted octanol–water partition coefficient (Wildman–Crippen LogP) is 8.43. The van der Waals surface area contributed by atoms with E-state index in [9.17, 15) is 19.2 Å². The van der Waals surface area contributed by atoms with Gasteiger partial charge in [-0.2, -0.15) is 0 Å². The molecule has 2 aliphatic heterocycles. The maximum atomic E-state index is 16.1. The number of nitrogens with one attached hydrogen (secondary N) is 4. The van der Waals surface area contributed by atoms with Gasteiger partial charge in [-0.15, -0.1) is 0 Å². The molecule has 11 rings (SSSR count). The van der Waals surface area contributed by atoms with Crippen molar-refractivity contribution in [3.8, 4) is 22.4 Å². The Labute approximate surface area is 372 Å². The Morgan fingerprint density at radius 1 is 0.677 bits per heavy atom. The molecule has 14 nitrogen and oxygen atoms in total. The molecule has 4 heterocycles. The van der Waals surface area contributed by atoms with Crippen LogP contribution >= 0.6 is 0 Å². The van der Waals surface area contributed by atoms with Crippen molar-refractivity contribution in [1.29, 1.82) is 0 Å². The maximum absolute atomic E-state index is 16.1. The zero-order valence-corrected chi connectivity index (χ0v) is 35.5. The summed E-state index contributed by atoms with van der Waals surface area (Å²) < 4.78 is 25.9. The molecule has 15 heteroatoms. The van der Waals surface area contributed by atoms with E-state index < -0.39 is 30.1 Å². The van der Waals surface area contributed by atoms with Crippen molar-refractivity contribution in [3.05, 3.63) is 144 Å². The van der Waals surface area contributed by atoms with Crippen LogP contribution in [0.25, 0.3) is 44.2 Å². The topological polar surface area (TPSA) is 175 Å². The van der Waals surface area contributed by atoms with E-state index in [1.54, 1.807) is 24.4 Å². The van der Waals surface area contributed by atoms with Crippen molar-refractivity contribution in [3.63, 3.8) is 0 Å². The number of hydrogen-bond acceptors (Lipinski definition) is 8. The first-order valence-electron chi connectivity index (χ1n) is 21.9. The van der Waals surface area contributed by atoms with Gasteiger partial charge in [0, 0.05) is 23.0 Å². The molecule has 8 atom stereocenters. The van der Waals surface area contributed by atoms with Crippen LogP contribution in [0.3, 0.4) is 0 Å². The number of H-pyrrole nitrogens is 2. The van der Waals surface area contributed by atoms with Crippen LogP contribution in [-0.4, -0.2) is 80.0 Å². The van der Waals surface area contributed by atoms with Crippen LogP contribution in [0.1, 0.15) is 72.6 Å². The molecular weight excluding hydrogens is 828 g/mol. The molecule has 4 fully saturated rings. The van der Waals surface area contributed by atoms with Gasteiger partial charge in [-0.25, -0.2) is 23.9 Å². The summed E-state index contributed by atoms with van der Waals surface area (Å²) in [6.07, 6.45) is 3.49. The van der Waals surface area contributed by atoms with Crippen molar-refractivity contribution in [2.24, 2.45) is 11.8 Å². The second-order valence-electron chi connectivity index (χ2n) is 17.5. The summed E-state index contributed by atoms with van der Waals surface area (Å²) in [5, 5.41) is 7.31. The number of likely N-dealkylation sites (tertiary alicyclic amines) is 2. The zero-order valence-electron chi connectivity index (χ0n) is 35.5. The third kappa shape index (κ3) is 7.20. The average molecular weight is 873 g/mol. The molecule has 4 aliphatic rings. The van der Waals surface area contributed by atoms with Gasteiger partial charge in [0.2, 0.25) is 0 Å². The largest absolute Gasteiger partial charge is 0.453 e. The number of hydrogen-bond donors (Lipinski definition) is 4. The average Bonchev–Trinajstić information content (AvgIpc) is 3.95. The number of rotatable bonds is 10. The molecule has 65 heavy (non-hydrogen) atoms. The number of halogens is 1. The van der Waals surface area contributed by atoms with Gasteiger partial charge in [0.25, 0.3) is 11.8 Å². The number of carbonyl (C=O) groups excluding carboxylic acids is 4. The molecule has 4 N–H and O–H groups in total. The zero-order chi connectivity index (χ0) is 44.5. The van der Waals surface area contributed by atoms with E-state index in [1.165, 1.54) is 20.3 Å². The quantitative estimate of drug-likeness (QED) is 0.106. The molecule has 328 valence electrons. The van der Waals surface area contributed by atoms with Crippen molar-refractivity contribution >= 4 is 45.8 Å². The van der Waals surface area contributed by atoms with Crippen molar-refractivity contribution < 1.29 is 33.0 Å². The number of piperidine rings is 2. The molecule has 0 radical (unpaired) electrons. The molecule has 0 spiro atoms. The standard InChI is InChI=1S/C50H45FN8O6/c1-64-49(62)56-42(26-9-5-3-6-10-26)47(60)58-38-21-31(38)23-40(58)45-52-25-37(54-45)34-17-14-29(20-35(34)51)28-13-16-33-30(19-28)15-18-36-44(33)55-46(53-36)41-24-32-22-39(32)59(41)48(61)43(57-50(63)65-2)27-11-7-4-8-12-27/h3-20,25,31-32,38-43H,21-24H2,1-2H3,(H,52,54)(H,53,55)(H,56,62)(H,57,63)/t31?,32-,38-,39?,40+,41+,42-,43-/m1/s1. The molecule has 2 aliphatic carbocycles. The first kappa shape index (κ1) is 40.2. The molecule has 4 amide bonds. The van der Waals surface area contributed by atoms with Gasteiger partial charge < -0.3 is 39.9 Å². The minimum absolute atomic E-state index is 0.0335. The van der Waals surface area contributed by atoms with E-state index in [-0.39, 0.29) is 36.0 Å². The first-order chi connectivity index (χ1) is 31.7. The van der Waals surface area contributed by atoms with Gasteiger partial charge in [0.05, 0.1) is 49.2 Å². The number of nitrogens with zero attached hydrogens (tertiary/aromatic N) is 4. The molecule has 2 saturated heterocycles. The Morgan fingerprint density at radius 2 is 1.25 bits per heavy atom. The van der Waals surface area contributed by atoms with Crippen LogP contribution in [0.5, 0.6) is 0 Å². The summed E-state index contributed by atoms with van der Waals surface area (Å²) in [6, 6.07) is 30.9. The molecular formula is C50H45FN8O6. The number of ether oxygens (including phenoxy) is 2. The van der Waals surface area contributed by atoms with Crippen LogP contribution in [0.15, 0.2) is 115 Å². The van der Waals surface area contributed by atoms with Crippen molar-refractivity contribution in [2.75, 3.05) is 14.2 Å². The van der Waals surface area contributed by atoms with Gasteiger partial charge in [0.15, 0.2) is 0 Å². The number of methoxy groups -OCH3 is 2. The molecule has 7 aromatic rings. The van der Waals surface area contributed by atoms with Crippen LogP contribution in [0, 0.1) is 17.7 Å². The van der Waals surface area contributed by atoms with Crippen LogP contribution in [-0.2, 0) is 19.1 Å². The molecule has 0 bridgehead atoms. The Balaban J connectivity index is 0.830. The number of amides is 4. The summed E-state index contributed by atoms with van der Waals surface area (Å²) >= 11 is 0. The van der Waals surface area contributed by atoms with Gasteiger partial charge in [0.1, 0.15) is 29.5 Å². The lowest BCUT2D eigenvalue weighted by atomic mass is 9.99. The number of aromatic nitrogens is 4. The Hall–Kier alpha value is -7.55. The molecule has 2 aromatic heterocycles. The third-order valence-electron chi connectivity index (χ3n) is 13.7. The fourth-order valence-electron chi connectivity index (χ4n) is 10.3. The highest BCUT2D eigenvalue weighted by Crippen LogP contribution is 2.55. The third-order valence-corrected chi connectivity index (χ3v) is 13.7. The normalized spacial score (nSPS) is 22.5. The number of aromatic amines is 2. The number of alkyl carbamates (subject to hydrolysis) is 2. The summed E-state index contributed by atoms with van der Waals surface area (Å²) in [5.74, 6) is 1.06. The Bertz CT molecular complexity index is 3010. The van der Waals surface area contributed by atoms with Gasteiger partial charge in [-0.3, -0.25) is 9.59 Å². The SMILES string of the molecule is COC(=O)N[C@@H](C(=O)N1C2C[C@@H]2C[C@H]1c1nc2c(ccc3cc(-c4ccc(-c5cnc([C@@H]6CC7C[C@H]7N6C(=O)[C@H](NC(=O)OC)c6ccccc6)[nH]5)c(F)c4)ccc32)[nH]1)c1ccccc1. The number of fused-ring (bicyclic) bond motifs is 5. The lowest BCUT2D eigenvalue weighted by molar-refractivity contribution is -0.136. The highest BCUT2D eigenvalue weighted by atomic mass is 19.1. The van der Waals surface area contributed by atoms with E-state index in [1.807, 2.05) is 94.7 Å². The predicted molar refractivity (Wildman–Crippen MR) is 238 cm³/mol. The Morgan fingerprint density at radius 3 is 1.83 bits per heavy atom. The summed E-state index contributed by atoms with van der Waals surface area (Å²) in [4.78, 5) is 73.5. The fourth-order valence-corrected chi connectivity index (χ4v) is 10.3. The van der Waals surface area contributed by atoms with E-state index >= 15 is 4.39 Å². The highest BCUT2D eigenvalue weighted by Gasteiger charge is 2.57. The summed E-state index contributed by atoms with van der Waals surface area (Å²) in [5.41, 5.74) is 5.30. The number of benzene rings is 5. The monoisotopic (exact) mass is 872 g/mol.